The van der Waals surface area contributed by atoms with Crippen molar-refractivity contribution in [2.75, 3.05) is 0 Å². The van der Waals surface area contributed by atoms with Gasteiger partial charge in [0.1, 0.15) is 22.3 Å². The Bertz CT molecular complexity index is 787. The molecule has 7 nitrogen and oxygen atoms in total. The van der Waals surface area contributed by atoms with E-state index in [0.29, 0.717) is 0 Å². The second-order valence-corrected chi connectivity index (χ2v) is 4.71. The van der Waals surface area contributed by atoms with Crippen LogP contribution in [0.2, 0.25) is 0 Å². The van der Waals surface area contributed by atoms with Crippen LogP contribution in [0.5, 0.6) is 0 Å². The Balaban J connectivity index is 2.13. The highest BCUT2D eigenvalue weighted by molar-refractivity contribution is 6.01. The van der Waals surface area contributed by atoms with E-state index >= 15 is 0 Å². The Morgan fingerprint density at radius 1 is 1.35 bits per heavy atom. The summed E-state index contributed by atoms with van der Waals surface area (Å²) in [5.74, 6) is -0.967. The number of carbonyl (C=O) groups excluding carboxylic acids is 1. The van der Waals surface area contributed by atoms with Crippen LogP contribution in [0.25, 0.3) is 6.08 Å². The quantitative estimate of drug-likeness (QED) is 0.395. The van der Waals surface area contributed by atoms with Crippen molar-refractivity contribution in [2.45, 2.75) is 13.0 Å². The van der Waals surface area contributed by atoms with Crippen molar-refractivity contribution in [1.82, 2.24) is 5.32 Å². The number of amides is 1. The highest BCUT2D eigenvalue weighted by Crippen LogP contribution is 2.18. The third-order valence-corrected chi connectivity index (χ3v) is 3.09. The summed E-state index contributed by atoms with van der Waals surface area (Å²) in [5, 5.41) is 22.3. The molecule has 23 heavy (non-hydrogen) atoms. The van der Waals surface area contributed by atoms with Gasteiger partial charge in [-0.05, 0) is 18.6 Å². The van der Waals surface area contributed by atoms with Crippen LogP contribution in [0.1, 0.15) is 24.3 Å². The molecule has 1 aromatic heterocycles. The van der Waals surface area contributed by atoms with Gasteiger partial charge in [-0.3, -0.25) is 14.9 Å². The highest BCUT2D eigenvalue weighted by Gasteiger charge is 2.16. The molecule has 0 saturated heterocycles. The molecule has 1 amide bonds. The molecule has 0 aliphatic carbocycles. The van der Waals surface area contributed by atoms with E-state index in [1.165, 1.54) is 12.1 Å². The first-order valence-corrected chi connectivity index (χ1v) is 6.73. The summed E-state index contributed by atoms with van der Waals surface area (Å²) in [6.07, 6.45) is 1.17. The number of carbonyl (C=O) groups is 1. The Hall–Kier alpha value is -3.40. The van der Waals surface area contributed by atoms with E-state index in [2.05, 4.69) is 5.32 Å². The molecule has 116 valence electrons. The lowest BCUT2D eigenvalue weighted by Gasteiger charge is -2.13. The van der Waals surface area contributed by atoms with Gasteiger partial charge in [0.2, 0.25) is 0 Å². The van der Waals surface area contributed by atoms with Crippen molar-refractivity contribution < 1.29 is 14.1 Å². The average Bonchev–Trinajstić information content (AvgIpc) is 3.02. The van der Waals surface area contributed by atoms with Gasteiger partial charge < -0.3 is 9.73 Å². The maximum atomic E-state index is 12.1. The lowest BCUT2D eigenvalue weighted by atomic mass is 10.1. The average molecular weight is 311 g/mol. The summed E-state index contributed by atoms with van der Waals surface area (Å²) in [4.78, 5) is 22.0. The number of benzene rings is 1. The van der Waals surface area contributed by atoms with Crippen molar-refractivity contribution in [3.8, 4) is 6.07 Å². The second kappa shape index (κ2) is 7.04. The number of nitrogens with zero attached hydrogens (tertiary/aromatic N) is 2. The number of furan rings is 1. The zero-order chi connectivity index (χ0) is 16.8. The first kappa shape index (κ1) is 16.0. The summed E-state index contributed by atoms with van der Waals surface area (Å²) in [6, 6.07) is 13.2. The Labute approximate surface area is 132 Å². The number of nitriles is 1. The summed E-state index contributed by atoms with van der Waals surface area (Å²) in [5.41, 5.74) is 0.698. The molecule has 0 saturated carbocycles. The largest absolute Gasteiger partial charge is 0.433 e. The topological polar surface area (TPSA) is 109 Å². The summed E-state index contributed by atoms with van der Waals surface area (Å²) in [7, 11) is 0. The van der Waals surface area contributed by atoms with Crippen LogP contribution in [0.15, 0.2) is 52.5 Å². The lowest BCUT2D eigenvalue weighted by Crippen LogP contribution is -2.27. The van der Waals surface area contributed by atoms with Gasteiger partial charge >= 0.3 is 5.88 Å². The molecule has 1 N–H and O–H groups in total. The fourth-order valence-electron chi connectivity index (χ4n) is 1.91. The number of nitro groups is 1. The Morgan fingerprint density at radius 2 is 2.04 bits per heavy atom. The first-order chi connectivity index (χ1) is 11.0. The molecule has 2 aromatic rings. The molecule has 7 heteroatoms. The van der Waals surface area contributed by atoms with Gasteiger partial charge in [-0.1, -0.05) is 30.3 Å². The standard InChI is InChI=1S/C16H13N3O4/c1-11(12-5-3-2-4-6-12)18-16(20)13(10-17)9-14-7-8-15(23-14)19(21)22/h2-9,11H,1H3,(H,18,20)/b13-9-/t11-/m1/s1. The predicted molar refractivity (Wildman–Crippen MR) is 82.0 cm³/mol. The zero-order valence-electron chi connectivity index (χ0n) is 12.2. The Kier molecular flexibility index (Phi) is 4.89. The smallest absolute Gasteiger partial charge is 0.401 e. The maximum absolute atomic E-state index is 12.1. The molecule has 1 aromatic carbocycles. The molecule has 0 spiro atoms. The van der Waals surface area contributed by atoms with Gasteiger partial charge in [0, 0.05) is 6.08 Å². The van der Waals surface area contributed by atoms with Crippen molar-refractivity contribution in [3.05, 3.63) is 69.5 Å². The minimum absolute atomic E-state index is 0.0655. The molecule has 0 unspecified atom stereocenters. The van der Waals surface area contributed by atoms with E-state index < -0.39 is 16.7 Å². The van der Waals surface area contributed by atoms with Crippen molar-refractivity contribution in [1.29, 1.82) is 5.26 Å². The van der Waals surface area contributed by atoms with Crippen molar-refractivity contribution in [3.63, 3.8) is 0 Å². The number of hydrogen-bond acceptors (Lipinski definition) is 5. The molecular weight excluding hydrogens is 298 g/mol. The van der Waals surface area contributed by atoms with E-state index in [9.17, 15) is 14.9 Å². The maximum Gasteiger partial charge on any atom is 0.433 e. The van der Waals surface area contributed by atoms with Gasteiger partial charge in [0.15, 0.2) is 0 Å². The van der Waals surface area contributed by atoms with Gasteiger partial charge in [-0.15, -0.1) is 0 Å². The zero-order valence-corrected chi connectivity index (χ0v) is 12.2. The van der Waals surface area contributed by atoms with E-state index in [1.807, 2.05) is 30.3 Å². The molecule has 0 radical (unpaired) electrons. The molecule has 2 rings (SSSR count). The van der Waals surface area contributed by atoms with Gasteiger partial charge in [0.25, 0.3) is 5.91 Å². The van der Waals surface area contributed by atoms with Crippen LogP contribution in [0.3, 0.4) is 0 Å². The fourth-order valence-corrected chi connectivity index (χ4v) is 1.91. The normalized spacial score (nSPS) is 12.3. The molecule has 0 aliphatic heterocycles. The van der Waals surface area contributed by atoms with E-state index in [4.69, 9.17) is 9.68 Å². The van der Waals surface area contributed by atoms with Crippen LogP contribution in [-0.2, 0) is 4.79 Å². The van der Waals surface area contributed by atoms with Gasteiger partial charge in [-0.25, -0.2) is 0 Å². The highest BCUT2D eigenvalue weighted by atomic mass is 16.6. The minimum atomic E-state index is -0.694. The molecule has 0 fully saturated rings. The monoisotopic (exact) mass is 311 g/mol. The molecule has 1 heterocycles. The van der Waals surface area contributed by atoms with Gasteiger partial charge in [-0.2, -0.15) is 5.26 Å². The van der Waals surface area contributed by atoms with Crippen LogP contribution in [0.4, 0.5) is 5.88 Å². The fraction of sp³-hybridized carbons (Fsp3) is 0.125. The third-order valence-electron chi connectivity index (χ3n) is 3.09. The number of nitrogens with one attached hydrogen (secondary N) is 1. The minimum Gasteiger partial charge on any atom is -0.401 e. The van der Waals surface area contributed by atoms with Crippen LogP contribution in [-0.4, -0.2) is 10.8 Å². The summed E-state index contributed by atoms with van der Waals surface area (Å²) < 4.78 is 4.91. The number of hydrogen-bond donors (Lipinski definition) is 1. The van der Waals surface area contributed by atoms with Crippen molar-refractivity contribution in [2.24, 2.45) is 0 Å². The lowest BCUT2D eigenvalue weighted by molar-refractivity contribution is -0.402. The van der Waals surface area contributed by atoms with E-state index in [1.54, 1.807) is 13.0 Å². The second-order valence-electron chi connectivity index (χ2n) is 4.71. The van der Waals surface area contributed by atoms with Crippen LogP contribution in [0, 0.1) is 21.4 Å². The molecule has 0 aliphatic rings. The molecule has 1 atom stereocenters. The SMILES string of the molecule is C[C@@H](NC(=O)/C(C#N)=C\c1ccc([N+](=O)[O-])o1)c1ccccc1. The summed E-state index contributed by atoms with van der Waals surface area (Å²) >= 11 is 0. The number of rotatable bonds is 5. The van der Waals surface area contributed by atoms with Crippen LogP contribution < -0.4 is 5.32 Å². The first-order valence-electron chi connectivity index (χ1n) is 6.73. The molecule has 0 bridgehead atoms. The van der Waals surface area contributed by atoms with Crippen LogP contribution >= 0.6 is 0 Å². The van der Waals surface area contributed by atoms with E-state index in [-0.39, 0.29) is 17.4 Å². The third kappa shape index (κ3) is 4.04. The summed E-state index contributed by atoms with van der Waals surface area (Å²) in [6.45, 7) is 1.79. The van der Waals surface area contributed by atoms with Gasteiger partial charge in [0.05, 0.1) is 12.1 Å². The van der Waals surface area contributed by atoms with Crippen molar-refractivity contribution >= 4 is 17.9 Å². The Morgan fingerprint density at radius 3 is 2.61 bits per heavy atom. The predicted octanol–water partition coefficient (Wildman–Crippen LogP) is 2.97. The molecular formula is C16H13N3O4. The van der Waals surface area contributed by atoms with E-state index in [0.717, 1.165) is 11.6 Å².